The molecule has 2 aromatic rings. The number of amides is 1. The van der Waals surface area contributed by atoms with Crippen molar-refractivity contribution in [3.8, 4) is 11.8 Å². The van der Waals surface area contributed by atoms with Crippen LogP contribution >= 0.6 is 0 Å². The lowest BCUT2D eigenvalue weighted by atomic mass is 9.98. The van der Waals surface area contributed by atoms with E-state index in [0.717, 1.165) is 50.6 Å². The Morgan fingerprint density at radius 1 is 1.28 bits per heavy atom. The molecule has 4 heterocycles. The van der Waals surface area contributed by atoms with Gasteiger partial charge in [0, 0.05) is 38.4 Å². The van der Waals surface area contributed by atoms with E-state index in [4.69, 9.17) is 10.00 Å². The third-order valence-electron chi connectivity index (χ3n) is 7.27. The third-order valence-corrected chi connectivity index (χ3v) is 7.27. The number of benzene rings is 1. The van der Waals surface area contributed by atoms with E-state index in [1.165, 1.54) is 11.1 Å². The summed E-state index contributed by atoms with van der Waals surface area (Å²) in [6, 6.07) is 12.6. The zero-order valence-electron chi connectivity index (χ0n) is 18.7. The van der Waals surface area contributed by atoms with Crippen molar-refractivity contribution in [2.45, 2.75) is 38.4 Å². The number of ether oxygens (including phenoxy) is 1. The number of hydrogen-bond donors (Lipinski definition) is 0. The summed E-state index contributed by atoms with van der Waals surface area (Å²) >= 11 is 0. The molecule has 2 unspecified atom stereocenters. The quantitative estimate of drug-likeness (QED) is 0.741. The smallest absolute Gasteiger partial charge is 0.236 e. The Kier molecular flexibility index (Phi) is 5.48. The van der Waals surface area contributed by atoms with Crippen molar-refractivity contribution in [1.82, 2.24) is 14.8 Å². The summed E-state index contributed by atoms with van der Waals surface area (Å²) in [4.78, 5) is 24.5. The van der Waals surface area contributed by atoms with E-state index < -0.39 is 0 Å². The first-order chi connectivity index (χ1) is 15.6. The van der Waals surface area contributed by atoms with Gasteiger partial charge in [0.25, 0.3) is 0 Å². The number of carbonyl (C=O) groups excluding carboxylic acids is 1. The molecule has 0 saturated carbocycles. The van der Waals surface area contributed by atoms with Crippen LogP contribution in [-0.4, -0.2) is 66.1 Å². The number of likely N-dealkylation sites (tertiary alicyclic amines) is 1. The second-order valence-electron chi connectivity index (χ2n) is 9.22. The second-order valence-corrected chi connectivity index (χ2v) is 9.22. The number of piperazine rings is 1. The molecular formula is C25H29N5O2. The van der Waals surface area contributed by atoms with Crippen molar-refractivity contribution >= 4 is 11.7 Å². The number of fused-ring (bicyclic) bond motifs is 3. The molecule has 5 rings (SSSR count). The van der Waals surface area contributed by atoms with Crippen LogP contribution in [0.1, 0.15) is 30.0 Å². The van der Waals surface area contributed by atoms with Crippen molar-refractivity contribution in [3.05, 3.63) is 53.2 Å². The Morgan fingerprint density at radius 2 is 2.16 bits per heavy atom. The number of methoxy groups -OCH3 is 1. The summed E-state index contributed by atoms with van der Waals surface area (Å²) in [5.41, 5.74) is 3.10. The monoisotopic (exact) mass is 431 g/mol. The Bertz CT molecular complexity index is 1050. The summed E-state index contributed by atoms with van der Waals surface area (Å²) in [5.74, 6) is 2.58. The van der Waals surface area contributed by atoms with Gasteiger partial charge < -0.3 is 14.5 Å². The fraction of sp³-hybridized carbons (Fsp3) is 0.480. The highest BCUT2D eigenvalue weighted by molar-refractivity contribution is 5.79. The minimum Gasteiger partial charge on any atom is -0.496 e. The summed E-state index contributed by atoms with van der Waals surface area (Å²) in [6.45, 7) is 5.86. The molecule has 0 radical (unpaired) electrons. The van der Waals surface area contributed by atoms with Gasteiger partial charge in [0.1, 0.15) is 17.6 Å². The number of pyridine rings is 1. The standard InChI is InChI=1S/C25H29N5O2/c1-17-10-20-14-29(15-22(17)30(20)24-7-6-18(11-26)12-27-24)25(31)16-28-9-8-21-19(13-28)4-3-5-23(21)32-2/h3-7,12,17,20,22H,8-10,13-16H2,1-2H3/t17-,20?,22?/m0/s1. The van der Waals surface area contributed by atoms with E-state index >= 15 is 0 Å². The first-order valence-electron chi connectivity index (χ1n) is 11.4. The lowest BCUT2D eigenvalue weighted by Gasteiger charge is -2.43. The van der Waals surface area contributed by atoms with Crippen LogP contribution in [0.3, 0.4) is 0 Å². The number of carbonyl (C=O) groups is 1. The van der Waals surface area contributed by atoms with Gasteiger partial charge in [-0.25, -0.2) is 4.98 Å². The maximum absolute atomic E-state index is 13.2. The highest BCUT2D eigenvalue weighted by atomic mass is 16.5. The van der Waals surface area contributed by atoms with E-state index in [1.807, 2.05) is 24.3 Å². The van der Waals surface area contributed by atoms with Gasteiger partial charge in [-0.2, -0.15) is 5.26 Å². The maximum Gasteiger partial charge on any atom is 0.236 e. The summed E-state index contributed by atoms with van der Waals surface area (Å²) < 4.78 is 5.50. The second kappa shape index (κ2) is 8.44. The Morgan fingerprint density at radius 3 is 2.88 bits per heavy atom. The van der Waals surface area contributed by atoms with Crippen molar-refractivity contribution in [3.63, 3.8) is 0 Å². The predicted octanol–water partition coefficient (Wildman–Crippen LogP) is 2.45. The molecule has 7 heteroatoms. The average Bonchev–Trinajstić information content (AvgIpc) is 3.02. The van der Waals surface area contributed by atoms with Crippen LogP contribution in [0, 0.1) is 17.2 Å². The molecule has 0 spiro atoms. The van der Waals surface area contributed by atoms with Gasteiger partial charge >= 0.3 is 0 Å². The number of nitriles is 1. The van der Waals surface area contributed by atoms with Crippen LogP contribution in [0.15, 0.2) is 36.5 Å². The molecule has 0 aliphatic carbocycles. The molecule has 166 valence electrons. The van der Waals surface area contributed by atoms with Crippen LogP contribution in [0.2, 0.25) is 0 Å². The Labute approximate surface area is 189 Å². The van der Waals surface area contributed by atoms with Crippen LogP contribution < -0.4 is 9.64 Å². The first kappa shape index (κ1) is 20.8. The van der Waals surface area contributed by atoms with Crippen molar-refractivity contribution < 1.29 is 9.53 Å². The summed E-state index contributed by atoms with van der Waals surface area (Å²) in [7, 11) is 1.72. The predicted molar refractivity (Wildman–Crippen MR) is 121 cm³/mol. The number of rotatable bonds is 4. The molecule has 1 aromatic heterocycles. The fourth-order valence-electron chi connectivity index (χ4n) is 5.65. The normalized spacial score (nSPS) is 24.7. The van der Waals surface area contributed by atoms with E-state index in [0.29, 0.717) is 18.0 Å². The average molecular weight is 432 g/mol. The molecule has 2 fully saturated rings. The van der Waals surface area contributed by atoms with Crippen molar-refractivity contribution in [1.29, 1.82) is 5.26 Å². The number of anilines is 1. The molecule has 2 bridgehead atoms. The van der Waals surface area contributed by atoms with Gasteiger partial charge in [0.2, 0.25) is 5.91 Å². The zero-order valence-corrected chi connectivity index (χ0v) is 18.7. The van der Waals surface area contributed by atoms with Gasteiger partial charge in [-0.05, 0) is 48.1 Å². The molecule has 1 aromatic carbocycles. The number of aromatic nitrogens is 1. The number of hydrogen-bond acceptors (Lipinski definition) is 6. The van der Waals surface area contributed by atoms with Crippen LogP contribution in [0.4, 0.5) is 5.82 Å². The maximum atomic E-state index is 13.2. The molecule has 1 amide bonds. The summed E-state index contributed by atoms with van der Waals surface area (Å²) in [5, 5.41) is 9.05. The van der Waals surface area contributed by atoms with Gasteiger partial charge in [-0.15, -0.1) is 0 Å². The Balaban J connectivity index is 1.25. The molecule has 2 saturated heterocycles. The van der Waals surface area contributed by atoms with Gasteiger partial charge in [0.15, 0.2) is 0 Å². The van der Waals surface area contributed by atoms with Crippen LogP contribution in [0.5, 0.6) is 5.75 Å². The van der Waals surface area contributed by atoms with Gasteiger partial charge in [-0.3, -0.25) is 9.69 Å². The van der Waals surface area contributed by atoms with E-state index in [2.05, 4.69) is 38.7 Å². The van der Waals surface area contributed by atoms with Crippen LogP contribution in [-0.2, 0) is 17.8 Å². The Hall–Kier alpha value is -3.11. The lowest BCUT2D eigenvalue weighted by molar-refractivity contribution is -0.133. The molecule has 7 nitrogen and oxygen atoms in total. The van der Waals surface area contributed by atoms with E-state index in [9.17, 15) is 4.79 Å². The largest absolute Gasteiger partial charge is 0.496 e. The fourth-order valence-corrected chi connectivity index (χ4v) is 5.65. The molecule has 0 N–H and O–H groups in total. The van der Waals surface area contributed by atoms with Crippen LogP contribution in [0.25, 0.3) is 0 Å². The highest BCUT2D eigenvalue weighted by Crippen LogP contribution is 2.37. The lowest BCUT2D eigenvalue weighted by Crippen LogP contribution is -2.58. The molecular weight excluding hydrogens is 402 g/mol. The highest BCUT2D eigenvalue weighted by Gasteiger charge is 2.46. The van der Waals surface area contributed by atoms with Gasteiger partial charge in [0.05, 0.1) is 25.3 Å². The minimum absolute atomic E-state index is 0.216. The first-order valence-corrected chi connectivity index (χ1v) is 11.4. The molecule has 32 heavy (non-hydrogen) atoms. The van der Waals surface area contributed by atoms with E-state index in [-0.39, 0.29) is 18.0 Å². The van der Waals surface area contributed by atoms with Crippen molar-refractivity contribution in [2.24, 2.45) is 5.92 Å². The minimum atomic E-state index is 0.216. The van der Waals surface area contributed by atoms with E-state index in [1.54, 1.807) is 13.3 Å². The summed E-state index contributed by atoms with van der Waals surface area (Å²) in [6.07, 6.45) is 3.61. The molecule has 3 aliphatic heterocycles. The zero-order chi connectivity index (χ0) is 22.2. The number of nitrogens with zero attached hydrogens (tertiary/aromatic N) is 5. The van der Waals surface area contributed by atoms with Gasteiger partial charge in [-0.1, -0.05) is 19.1 Å². The molecule has 3 aliphatic rings. The third kappa shape index (κ3) is 3.69. The van der Waals surface area contributed by atoms with Crippen molar-refractivity contribution in [2.75, 3.05) is 38.2 Å². The molecule has 3 atom stereocenters. The topological polar surface area (TPSA) is 72.7 Å². The SMILES string of the molecule is COc1cccc2c1CCN(CC(=O)N1CC3C[C@H](C)C(C1)N3c1ccc(C#N)cn1)C2.